The van der Waals surface area contributed by atoms with E-state index in [2.05, 4.69) is 0 Å². The number of amides is 1. The number of carbonyl (C=O) groups is 2. The Morgan fingerprint density at radius 2 is 1.84 bits per heavy atom. The molecule has 2 fully saturated rings. The van der Waals surface area contributed by atoms with Gasteiger partial charge in [0.25, 0.3) is 0 Å². The normalized spacial score (nSPS) is 36.0. The molecule has 19 heavy (non-hydrogen) atoms. The molecule has 1 saturated heterocycles. The minimum atomic E-state index is -0.783. The van der Waals surface area contributed by atoms with Crippen LogP contribution in [-0.2, 0) is 9.59 Å². The molecule has 2 N–H and O–H groups in total. The summed E-state index contributed by atoms with van der Waals surface area (Å²) in [5.74, 6) is -1.19. The maximum Gasteiger partial charge on any atom is 0.306 e. The summed E-state index contributed by atoms with van der Waals surface area (Å²) in [6.07, 6.45) is 3.90. The first-order valence-electron chi connectivity index (χ1n) is 7.13. The Morgan fingerprint density at radius 1 is 1.16 bits per heavy atom. The fourth-order valence-electron chi connectivity index (χ4n) is 3.17. The van der Waals surface area contributed by atoms with E-state index in [1.807, 2.05) is 11.8 Å². The molecule has 5 nitrogen and oxygen atoms in total. The van der Waals surface area contributed by atoms with Crippen LogP contribution in [0.15, 0.2) is 0 Å². The second-order valence-electron chi connectivity index (χ2n) is 6.22. The van der Waals surface area contributed by atoms with E-state index in [-0.39, 0.29) is 17.7 Å². The number of aliphatic hydroxyl groups is 1. The van der Waals surface area contributed by atoms with E-state index in [0.717, 1.165) is 12.8 Å². The van der Waals surface area contributed by atoms with Gasteiger partial charge in [-0.25, -0.2) is 0 Å². The molecule has 0 aromatic carbocycles. The summed E-state index contributed by atoms with van der Waals surface area (Å²) in [5.41, 5.74) is -0.672. The monoisotopic (exact) mass is 269 g/mol. The molecule has 2 aliphatic rings. The number of carbonyl (C=O) groups excluding carboxylic acids is 1. The Balaban J connectivity index is 1.92. The molecule has 0 radical (unpaired) electrons. The van der Waals surface area contributed by atoms with E-state index in [1.54, 1.807) is 0 Å². The molecular weight excluding hydrogens is 246 g/mol. The topological polar surface area (TPSA) is 77.8 Å². The molecule has 1 unspecified atom stereocenters. The fourth-order valence-corrected chi connectivity index (χ4v) is 3.17. The number of nitrogens with zero attached hydrogens (tertiary/aromatic N) is 1. The molecule has 1 aliphatic heterocycles. The number of carboxylic acid groups (broad SMARTS) is 1. The van der Waals surface area contributed by atoms with Gasteiger partial charge in [-0.3, -0.25) is 9.59 Å². The van der Waals surface area contributed by atoms with E-state index >= 15 is 0 Å². The minimum Gasteiger partial charge on any atom is -0.481 e. The minimum absolute atomic E-state index is 0.0847. The zero-order valence-electron chi connectivity index (χ0n) is 11.5. The van der Waals surface area contributed by atoms with E-state index in [4.69, 9.17) is 5.11 Å². The maximum atomic E-state index is 12.4. The van der Waals surface area contributed by atoms with Crippen molar-refractivity contribution in [2.24, 2.45) is 11.8 Å². The van der Waals surface area contributed by atoms with Crippen molar-refractivity contribution in [1.82, 2.24) is 4.90 Å². The Kier molecular flexibility index (Phi) is 4.13. The van der Waals surface area contributed by atoms with Gasteiger partial charge < -0.3 is 15.1 Å². The van der Waals surface area contributed by atoms with Crippen LogP contribution in [0.4, 0.5) is 0 Å². The van der Waals surface area contributed by atoms with E-state index in [1.165, 1.54) is 0 Å². The van der Waals surface area contributed by atoms with Gasteiger partial charge in [0.05, 0.1) is 11.5 Å². The summed E-state index contributed by atoms with van der Waals surface area (Å²) in [6, 6.07) is 0. The molecule has 0 bridgehead atoms. The van der Waals surface area contributed by atoms with Crippen molar-refractivity contribution in [3.63, 3.8) is 0 Å². The van der Waals surface area contributed by atoms with Gasteiger partial charge in [-0.15, -0.1) is 0 Å². The van der Waals surface area contributed by atoms with Crippen LogP contribution in [0.25, 0.3) is 0 Å². The van der Waals surface area contributed by atoms with Crippen molar-refractivity contribution >= 4 is 11.9 Å². The molecule has 1 aliphatic carbocycles. The molecule has 1 amide bonds. The van der Waals surface area contributed by atoms with Crippen LogP contribution in [-0.4, -0.2) is 45.7 Å². The lowest BCUT2D eigenvalue weighted by Gasteiger charge is -2.25. The predicted octanol–water partition coefficient (Wildman–Crippen LogP) is 1.25. The van der Waals surface area contributed by atoms with Crippen LogP contribution >= 0.6 is 0 Å². The van der Waals surface area contributed by atoms with Crippen LogP contribution in [0.2, 0.25) is 0 Å². The fraction of sp³-hybridized carbons (Fsp3) is 0.857. The van der Waals surface area contributed by atoms with E-state index in [0.29, 0.717) is 38.8 Å². The van der Waals surface area contributed by atoms with E-state index < -0.39 is 11.6 Å². The average molecular weight is 269 g/mol. The zero-order chi connectivity index (χ0) is 14.0. The lowest BCUT2D eigenvalue weighted by Crippen LogP contribution is -2.37. The molecule has 108 valence electrons. The molecule has 1 heterocycles. The number of likely N-dealkylation sites (tertiary alicyclic amines) is 1. The standard InChI is InChI=1S/C14H23NO4/c1-14(19)5-2-7-15(8-6-14)12(16)10-3-4-11(9-10)13(17)18/h10-11,19H,2-9H2,1H3,(H,17,18)/t10-,11+,14?/m1/s1. The van der Waals surface area contributed by atoms with Gasteiger partial charge in [-0.1, -0.05) is 0 Å². The number of hydrogen-bond donors (Lipinski definition) is 2. The van der Waals surface area contributed by atoms with Gasteiger partial charge in [0, 0.05) is 19.0 Å². The van der Waals surface area contributed by atoms with Gasteiger partial charge in [-0.05, 0) is 45.4 Å². The summed E-state index contributed by atoms with van der Waals surface area (Å²) in [4.78, 5) is 25.1. The quantitative estimate of drug-likeness (QED) is 0.791. The van der Waals surface area contributed by atoms with Crippen molar-refractivity contribution < 1.29 is 19.8 Å². The van der Waals surface area contributed by atoms with Crippen molar-refractivity contribution in [2.45, 2.75) is 51.0 Å². The number of aliphatic carboxylic acids is 1. The molecule has 1 saturated carbocycles. The smallest absolute Gasteiger partial charge is 0.306 e. The molecule has 0 spiro atoms. The summed E-state index contributed by atoms with van der Waals surface area (Å²) >= 11 is 0. The first-order valence-corrected chi connectivity index (χ1v) is 7.13. The lowest BCUT2D eigenvalue weighted by molar-refractivity contribution is -0.141. The molecule has 2 rings (SSSR count). The third-order valence-electron chi connectivity index (χ3n) is 4.51. The molecule has 5 heteroatoms. The van der Waals surface area contributed by atoms with E-state index in [9.17, 15) is 14.7 Å². The van der Waals surface area contributed by atoms with Gasteiger partial charge in [0.15, 0.2) is 0 Å². The highest BCUT2D eigenvalue weighted by Crippen LogP contribution is 2.33. The van der Waals surface area contributed by atoms with Crippen molar-refractivity contribution in [1.29, 1.82) is 0 Å². The predicted molar refractivity (Wildman–Crippen MR) is 69.5 cm³/mol. The third kappa shape index (κ3) is 3.47. The van der Waals surface area contributed by atoms with Gasteiger partial charge in [-0.2, -0.15) is 0 Å². The molecule has 0 aromatic rings. The average Bonchev–Trinajstić information content (AvgIpc) is 2.75. The summed E-state index contributed by atoms with van der Waals surface area (Å²) in [5, 5.41) is 19.0. The number of carboxylic acids is 1. The molecule has 3 atom stereocenters. The Hall–Kier alpha value is -1.10. The first-order chi connectivity index (χ1) is 8.89. The van der Waals surface area contributed by atoms with Crippen molar-refractivity contribution in [3.8, 4) is 0 Å². The Morgan fingerprint density at radius 3 is 2.47 bits per heavy atom. The van der Waals surface area contributed by atoms with Crippen LogP contribution in [0.5, 0.6) is 0 Å². The van der Waals surface area contributed by atoms with Gasteiger partial charge >= 0.3 is 5.97 Å². The maximum absolute atomic E-state index is 12.4. The summed E-state index contributed by atoms with van der Waals surface area (Å²) < 4.78 is 0. The number of rotatable bonds is 2. The summed E-state index contributed by atoms with van der Waals surface area (Å²) in [7, 11) is 0. The first kappa shape index (κ1) is 14.3. The van der Waals surface area contributed by atoms with Gasteiger partial charge in [0.2, 0.25) is 5.91 Å². The second-order valence-corrected chi connectivity index (χ2v) is 6.22. The highest BCUT2D eigenvalue weighted by Gasteiger charge is 2.37. The Bertz CT molecular complexity index is 366. The third-order valence-corrected chi connectivity index (χ3v) is 4.51. The van der Waals surface area contributed by atoms with Crippen LogP contribution in [0.1, 0.15) is 45.4 Å². The van der Waals surface area contributed by atoms with Crippen molar-refractivity contribution in [3.05, 3.63) is 0 Å². The van der Waals surface area contributed by atoms with Crippen LogP contribution < -0.4 is 0 Å². The summed E-state index contributed by atoms with van der Waals surface area (Å²) in [6.45, 7) is 3.08. The molecule has 0 aromatic heterocycles. The van der Waals surface area contributed by atoms with Crippen molar-refractivity contribution in [2.75, 3.05) is 13.1 Å². The largest absolute Gasteiger partial charge is 0.481 e. The zero-order valence-corrected chi connectivity index (χ0v) is 11.5. The highest BCUT2D eigenvalue weighted by molar-refractivity contribution is 5.81. The number of hydrogen-bond acceptors (Lipinski definition) is 3. The van der Waals surface area contributed by atoms with Crippen LogP contribution in [0.3, 0.4) is 0 Å². The van der Waals surface area contributed by atoms with Crippen LogP contribution in [0, 0.1) is 11.8 Å². The second kappa shape index (κ2) is 5.49. The Labute approximate surface area is 113 Å². The SMILES string of the molecule is CC1(O)CCCN(C(=O)[C@@H]2CC[C@H](C(=O)O)C2)CC1. The molecular formula is C14H23NO4. The highest BCUT2D eigenvalue weighted by atomic mass is 16.4. The van der Waals surface area contributed by atoms with Gasteiger partial charge in [0.1, 0.15) is 0 Å². The lowest BCUT2D eigenvalue weighted by atomic mass is 9.98.